The summed E-state index contributed by atoms with van der Waals surface area (Å²) >= 11 is 3.21. The molecule has 106 valence electrons. The molecule has 0 fully saturated rings. The lowest BCUT2D eigenvalue weighted by Crippen LogP contribution is -2.33. The van der Waals surface area contributed by atoms with Gasteiger partial charge in [-0.05, 0) is 40.5 Å². The number of pyridine rings is 1. The zero-order chi connectivity index (χ0) is 14.5. The molecule has 2 heterocycles. The SMILES string of the molecule is Cc1cc(Br)oc1C(=O)N(CCO)Cc1cccnc1. The summed E-state index contributed by atoms with van der Waals surface area (Å²) in [6, 6.07) is 5.44. The molecule has 0 saturated heterocycles. The van der Waals surface area contributed by atoms with Gasteiger partial charge in [-0.25, -0.2) is 0 Å². The smallest absolute Gasteiger partial charge is 0.290 e. The van der Waals surface area contributed by atoms with E-state index in [0.29, 0.717) is 11.2 Å². The number of amides is 1. The van der Waals surface area contributed by atoms with Crippen LogP contribution in [0.1, 0.15) is 21.7 Å². The minimum atomic E-state index is -0.244. The van der Waals surface area contributed by atoms with Crippen molar-refractivity contribution >= 4 is 21.8 Å². The number of hydrogen-bond acceptors (Lipinski definition) is 4. The summed E-state index contributed by atoms with van der Waals surface area (Å²) in [7, 11) is 0. The summed E-state index contributed by atoms with van der Waals surface area (Å²) < 4.78 is 5.89. The molecule has 2 aromatic heterocycles. The second kappa shape index (κ2) is 6.67. The van der Waals surface area contributed by atoms with Gasteiger partial charge in [0.05, 0.1) is 6.61 Å². The first-order valence-corrected chi connectivity index (χ1v) is 6.96. The average Bonchev–Trinajstić information content (AvgIpc) is 2.77. The molecule has 2 aromatic rings. The Kier molecular flexibility index (Phi) is 4.92. The van der Waals surface area contributed by atoms with Crippen molar-refractivity contribution in [1.29, 1.82) is 0 Å². The number of hydrogen-bond donors (Lipinski definition) is 1. The van der Waals surface area contributed by atoms with E-state index < -0.39 is 0 Å². The molecule has 0 radical (unpaired) electrons. The molecule has 0 aliphatic carbocycles. The Labute approximate surface area is 125 Å². The van der Waals surface area contributed by atoms with Crippen molar-refractivity contribution in [3.05, 3.63) is 52.1 Å². The maximum atomic E-state index is 12.5. The second-order valence-corrected chi connectivity index (χ2v) is 5.16. The lowest BCUT2D eigenvalue weighted by Gasteiger charge is -2.20. The molecule has 5 nitrogen and oxygen atoms in total. The number of carbonyl (C=O) groups is 1. The lowest BCUT2D eigenvalue weighted by molar-refractivity contribution is 0.0673. The highest BCUT2D eigenvalue weighted by molar-refractivity contribution is 9.10. The standard InChI is InChI=1S/C14H15BrN2O3/c1-10-7-12(15)20-13(10)14(19)17(5-6-18)9-11-3-2-4-16-8-11/h2-4,7-8,18H,5-6,9H2,1H3. The minimum Gasteiger partial charge on any atom is -0.444 e. The third-order valence-electron chi connectivity index (χ3n) is 2.84. The number of furan rings is 1. The molecule has 0 aliphatic rings. The summed E-state index contributed by atoms with van der Waals surface area (Å²) in [5.74, 6) is 0.0420. The van der Waals surface area contributed by atoms with E-state index in [-0.39, 0.29) is 24.8 Å². The van der Waals surface area contributed by atoms with Gasteiger partial charge in [-0.15, -0.1) is 0 Å². The number of nitrogens with zero attached hydrogens (tertiary/aromatic N) is 2. The van der Waals surface area contributed by atoms with Crippen molar-refractivity contribution in [3.63, 3.8) is 0 Å². The highest BCUT2D eigenvalue weighted by Crippen LogP contribution is 2.21. The molecule has 1 amide bonds. The molecule has 0 aromatic carbocycles. The third kappa shape index (κ3) is 3.46. The van der Waals surface area contributed by atoms with Gasteiger partial charge in [0.15, 0.2) is 10.4 Å². The molecule has 0 spiro atoms. The van der Waals surface area contributed by atoms with Gasteiger partial charge in [-0.1, -0.05) is 6.07 Å². The van der Waals surface area contributed by atoms with E-state index in [1.165, 1.54) is 4.90 Å². The van der Waals surface area contributed by atoms with Crippen LogP contribution in [0.25, 0.3) is 0 Å². The molecule has 2 rings (SSSR count). The van der Waals surface area contributed by atoms with Gasteiger partial charge in [-0.2, -0.15) is 0 Å². The number of halogens is 1. The van der Waals surface area contributed by atoms with Gasteiger partial charge in [-0.3, -0.25) is 9.78 Å². The van der Waals surface area contributed by atoms with E-state index >= 15 is 0 Å². The molecule has 1 N–H and O–H groups in total. The van der Waals surface area contributed by atoms with E-state index in [0.717, 1.165) is 11.1 Å². The van der Waals surface area contributed by atoms with Gasteiger partial charge < -0.3 is 14.4 Å². The Morgan fingerprint density at radius 3 is 2.90 bits per heavy atom. The van der Waals surface area contributed by atoms with Crippen LogP contribution in [0.2, 0.25) is 0 Å². The summed E-state index contributed by atoms with van der Waals surface area (Å²) in [4.78, 5) is 18.0. The molecule has 0 saturated carbocycles. The van der Waals surface area contributed by atoms with Gasteiger partial charge in [0.25, 0.3) is 5.91 Å². The fourth-order valence-corrected chi connectivity index (χ4v) is 2.39. The van der Waals surface area contributed by atoms with E-state index in [1.807, 2.05) is 19.1 Å². The number of aliphatic hydroxyl groups is 1. The molecule has 6 heteroatoms. The number of carbonyl (C=O) groups excluding carboxylic acids is 1. The molecular formula is C14H15BrN2O3. The fraction of sp³-hybridized carbons (Fsp3) is 0.286. The van der Waals surface area contributed by atoms with Crippen molar-refractivity contribution in [2.45, 2.75) is 13.5 Å². The summed E-state index contributed by atoms with van der Waals surface area (Å²) in [5, 5.41) is 9.14. The normalized spacial score (nSPS) is 10.6. The topological polar surface area (TPSA) is 66.6 Å². The minimum absolute atomic E-state index is 0.104. The van der Waals surface area contributed by atoms with Crippen LogP contribution in [-0.2, 0) is 6.54 Å². The second-order valence-electron chi connectivity index (χ2n) is 4.37. The molecule has 0 unspecified atom stereocenters. The van der Waals surface area contributed by atoms with E-state index in [1.54, 1.807) is 18.5 Å². The fourth-order valence-electron chi connectivity index (χ4n) is 1.88. The van der Waals surface area contributed by atoms with Crippen molar-refractivity contribution in [2.75, 3.05) is 13.2 Å². The number of aliphatic hydroxyl groups excluding tert-OH is 1. The van der Waals surface area contributed by atoms with Crippen LogP contribution in [0.5, 0.6) is 0 Å². The summed E-state index contributed by atoms with van der Waals surface area (Å²) in [6.07, 6.45) is 3.37. The lowest BCUT2D eigenvalue weighted by atomic mass is 10.2. The molecule has 20 heavy (non-hydrogen) atoms. The number of aromatic nitrogens is 1. The highest BCUT2D eigenvalue weighted by atomic mass is 79.9. The summed E-state index contributed by atoms with van der Waals surface area (Å²) in [5.41, 5.74) is 1.66. The Bertz CT molecular complexity index is 583. The van der Waals surface area contributed by atoms with Crippen LogP contribution in [0.4, 0.5) is 0 Å². The predicted octanol–water partition coefficient (Wildman–Crippen LogP) is 2.38. The average molecular weight is 339 g/mol. The number of aryl methyl sites for hydroxylation is 1. The van der Waals surface area contributed by atoms with Crippen molar-refractivity contribution in [3.8, 4) is 0 Å². The van der Waals surface area contributed by atoms with E-state index in [2.05, 4.69) is 20.9 Å². The van der Waals surface area contributed by atoms with Crippen LogP contribution < -0.4 is 0 Å². The number of rotatable bonds is 5. The molecule has 0 aliphatic heterocycles. The van der Waals surface area contributed by atoms with Crippen molar-refractivity contribution in [1.82, 2.24) is 9.88 Å². The van der Waals surface area contributed by atoms with Gasteiger partial charge >= 0.3 is 0 Å². The Balaban J connectivity index is 2.20. The molecule has 0 bridgehead atoms. The van der Waals surface area contributed by atoms with Crippen LogP contribution in [0, 0.1) is 6.92 Å². The monoisotopic (exact) mass is 338 g/mol. The first kappa shape index (κ1) is 14.7. The highest BCUT2D eigenvalue weighted by Gasteiger charge is 2.21. The Hall–Kier alpha value is -1.66. The van der Waals surface area contributed by atoms with Crippen LogP contribution in [0.15, 0.2) is 39.7 Å². The quantitative estimate of drug-likeness (QED) is 0.908. The zero-order valence-electron chi connectivity index (χ0n) is 11.0. The first-order valence-electron chi connectivity index (χ1n) is 6.16. The van der Waals surface area contributed by atoms with Gasteiger partial charge in [0.1, 0.15) is 0 Å². The Morgan fingerprint density at radius 2 is 2.35 bits per heavy atom. The van der Waals surface area contributed by atoms with Gasteiger partial charge in [0, 0.05) is 31.0 Å². The van der Waals surface area contributed by atoms with Gasteiger partial charge in [0.2, 0.25) is 0 Å². The summed E-state index contributed by atoms with van der Waals surface area (Å²) in [6.45, 7) is 2.33. The van der Waals surface area contributed by atoms with Crippen molar-refractivity contribution in [2.24, 2.45) is 0 Å². The molecular weight excluding hydrogens is 324 g/mol. The largest absolute Gasteiger partial charge is 0.444 e. The third-order valence-corrected chi connectivity index (χ3v) is 3.23. The predicted molar refractivity (Wildman–Crippen MR) is 77.2 cm³/mol. The van der Waals surface area contributed by atoms with Crippen LogP contribution in [0.3, 0.4) is 0 Å². The van der Waals surface area contributed by atoms with Crippen LogP contribution >= 0.6 is 15.9 Å². The maximum Gasteiger partial charge on any atom is 0.290 e. The maximum absolute atomic E-state index is 12.5. The van der Waals surface area contributed by atoms with Crippen LogP contribution in [-0.4, -0.2) is 34.0 Å². The Morgan fingerprint density at radius 1 is 1.55 bits per heavy atom. The molecule has 0 atom stereocenters. The first-order chi connectivity index (χ1) is 9.61. The van der Waals surface area contributed by atoms with E-state index in [4.69, 9.17) is 9.52 Å². The van der Waals surface area contributed by atoms with E-state index in [9.17, 15) is 4.79 Å². The zero-order valence-corrected chi connectivity index (χ0v) is 12.6. The van der Waals surface area contributed by atoms with Crippen molar-refractivity contribution < 1.29 is 14.3 Å².